The monoisotopic (exact) mass is 182 g/mol. The average molecular weight is 182 g/mol. The molecule has 1 aromatic rings. The topological polar surface area (TPSA) is 24.1 Å². The van der Waals surface area contributed by atoms with E-state index < -0.39 is 0 Å². The molecule has 1 fully saturated rings. The predicted octanol–water partition coefficient (Wildman–Crippen LogP) is 1.83. The Hall–Kier alpha value is -0.540. The molecule has 1 aliphatic heterocycles. The molecule has 2 heterocycles. The second kappa shape index (κ2) is 3.46. The van der Waals surface area contributed by atoms with Gasteiger partial charge in [0.2, 0.25) is 0 Å². The summed E-state index contributed by atoms with van der Waals surface area (Å²) in [6.07, 6.45) is 1.25. The summed E-state index contributed by atoms with van der Waals surface area (Å²) in [7, 11) is 0. The number of nitrogens with one attached hydrogen (secondary N) is 2. The molecule has 0 amide bonds. The highest BCUT2D eigenvalue weighted by atomic mass is 32.1. The smallest absolute Gasteiger partial charge is 0.0914 e. The molecule has 0 aliphatic carbocycles. The van der Waals surface area contributed by atoms with Crippen molar-refractivity contribution in [3.8, 4) is 0 Å². The maximum absolute atomic E-state index is 3.55. The van der Waals surface area contributed by atoms with Crippen LogP contribution >= 0.6 is 11.3 Å². The standard InChI is InChI=1S/C9H14N2S/c1-7-3-5-12-9(7)11-8-2-4-10-6-8/h3,5,8,10-11H,2,4,6H2,1H3. The van der Waals surface area contributed by atoms with Crippen LogP contribution in [0.2, 0.25) is 0 Å². The van der Waals surface area contributed by atoms with E-state index in [2.05, 4.69) is 29.0 Å². The first-order chi connectivity index (χ1) is 5.86. The van der Waals surface area contributed by atoms with Crippen LogP contribution in [0.15, 0.2) is 11.4 Å². The van der Waals surface area contributed by atoms with Crippen LogP contribution in [0.1, 0.15) is 12.0 Å². The summed E-state index contributed by atoms with van der Waals surface area (Å²) >= 11 is 1.80. The number of rotatable bonds is 2. The predicted molar refractivity (Wildman–Crippen MR) is 54.0 cm³/mol. The molecular formula is C9H14N2S. The van der Waals surface area contributed by atoms with Crippen LogP contribution in [-0.4, -0.2) is 19.1 Å². The molecule has 2 rings (SSSR count). The fraction of sp³-hybridized carbons (Fsp3) is 0.556. The Morgan fingerprint density at radius 2 is 2.58 bits per heavy atom. The molecule has 0 saturated carbocycles. The maximum atomic E-state index is 3.55. The lowest BCUT2D eigenvalue weighted by Crippen LogP contribution is -2.21. The minimum Gasteiger partial charge on any atom is -0.373 e. The summed E-state index contributed by atoms with van der Waals surface area (Å²) in [5.74, 6) is 0. The van der Waals surface area contributed by atoms with Gasteiger partial charge >= 0.3 is 0 Å². The lowest BCUT2D eigenvalue weighted by Gasteiger charge is -2.11. The van der Waals surface area contributed by atoms with Gasteiger partial charge in [-0.25, -0.2) is 0 Å². The van der Waals surface area contributed by atoms with Crippen LogP contribution in [0.4, 0.5) is 5.00 Å². The van der Waals surface area contributed by atoms with Gasteiger partial charge in [-0.15, -0.1) is 11.3 Å². The summed E-state index contributed by atoms with van der Waals surface area (Å²) in [5.41, 5.74) is 1.37. The van der Waals surface area contributed by atoms with Crippen molar-refractivity contribution in [1.82, 2.24) is 5.32 Å². The van der Waals surface area contributed by atoms with Gasteiger partial charge in [-0.3, -0.25) is 0 Å². The fourth-order valence-electron chi connectivity index (χ4n) is 1.48. The van der Waals surface area contributed by atoms with Crippen molar-refractivity contribution in [3.63, 3.8) is 0 Å². The Balaban J connectivity index is 1.98. The molecule has 12 heavy (non-hydrogen) atoms. The van der Waals surface area contributed by atoms with E-state index in [1.165, 1.54) is 17.0 Å². The van der Waals surface area contributed by atoms with E-state index >= 15 is 0 Å². The summed E-state index contributed by atoms with van der Waals surface area (Å²) in [6.45, 7) is 4.42. The Kier molecular flexibility index (Phi) is 2.33. The van der Waals surface area contributed by atoms with E-state index in [1.54, 1.807) is 11.3 Å². The third-order valence-corrected chi connectivity index (χ3v) is 3.21. The molecule has 0 radical (unpaired) electrons. The van der Waals surface area contributed by atoms with E-state index in [0.29, 0.717) is 6.04 Å². The second-order valence-electron chi connectivity index (χ2n) is 3.27. The lowest BCUT2D eigenvalue weighted by molar-refractivity contribution is 0.795. The normalized spacial score (nSPS) is 22.9. The van der Waals surface area contributed by atoms with Gasteiger partial charge in [-0.2, -0.15) is 0 Å². The van der Waals surface area contributed by atoms with Crippen molar-refractivity contribution >= 4 is 16.3 Å². The zero-order valence-corrected chi connectivity index (χ0v) is 8.08. The van der Waals surface area contributed by atoms with E-state index in [4.69, 9.17) is 0 Å². The van der Waals surface area contributed by atoms with Gasteiger partial charge in [0, 0.05) is 12.6 Å². The average Bonchev–Trinajstić information content (AvgIpc) is 2.65. The Bertz CT molecular complexity index is 251. The Morgan fingerprint density at radius 1 is 1.67 bits per heavy atom. The molecule has 1 saturated heterocycles. The second-order valence-corrected chi connectivity index (χ2v) is 4.18. The van der Waals surface area contributed by atoms with Crippen LogP contribution < -0.4 is 10.6 Å². The highest BCUT2D eigenvalue weighted by molar-refractivity contribution is 7.14. The summed E-state index contributed by atoms with van der Waals surface area (Å²) in [5, 5.41) is 10.4. The van der Waals surface area contributed by atoms with Gasteiger partial charge in [0.25, 0.3) is 0 Å². The Labute approximate surface area is 77.0 Å². The van der Waals surface area contributed by atoms with E-state index in [-0.39, 0.29) is 0 Å². The minimum atomic E-state index is 0.641. The zero-order chi connectivity index (χ0) is 8.39. The third kappa shape index (κ3) is 1.62. The van der Waals surface area contributed by atoms with Crippen molar-refractivity contribution in [2.45, 2.75) is 19.4 Å². The van der Waals surface area contributed by atoms with Gasteiger partial charge < -0.3 is 10.6 Å². The highest BCUT2D eigenvalue weighted by Crippen LogP contribution is 2.23. The van der Waals surface area contributed by atoms with Crippen LogP contribution in [0.5, 0.6) is 0 Å². The summed E-state index contributed by atoms with van der Waals surface area (Å²) in [4.78, 5) is 0. The van der Waals surface area contributed by atoms with Crippen molar-refractivity contribution in [2.75, 3.05) is 18.4 Å². The molecule has 66 valence electrons. The lowest BCUT2D eigenvalue weighted by atomic mass is 10.2. The Morgan fingerprint density at radius 3 is 3.17 bits per heavy atom. The van der Waals surface area contributed by atoms with Gasteiger partial charge in [0.1, 0.15) is 0 Å². The number of hydrogen-bond donors (Lipinski definition) is 2. The van der Waals surface area contributed by atoms with E-state index in [0.717, 1.165) is 13.1 Å². The molecule has 1 aliphatic rings. The third-order valence-electron chi connectivity index (χ3n) is 2.26. The van der Waals surface area contributed by atoms with Gasteiger partial charge in [0.05, 0.1) is 5.00 Å². The van der Waals surface area contributed by atoms with Crippen molar-refractivity contribution in [2.24, 2.45) is 0 Å². The molecule has 1 atom stereocenters. The van der Waals surface area contributed by atoms with Crippen LogP contribution in [0, 0.1) is 6.92 Å². The van der Waals surface area contributed by atoms with Gasteiger partial charge in [-0.05, 0) is 36.9 Å². The number of anilines is 1. The molecule has 1 unspecified atom stereocenters. The first-order valence-corrected chi connectivity index (χ1v) is 5.25. The molecule has 2 N–H and O–H groups in total. The summed E-state index contributed by atoms with van der Waals surface area (Å²) < 4.78 is 0. The van der Waals surface area contributed by atoms with Crippen LogP contribution in [-0.2, 0) is 0 Å². The van der Waals surface area contributed by atoms with Crippen molar-refractivity contribution in [1.29, 1.82) is 0 Å². The first-order valence-electron chi connectivity index (χ1n) is 4.37. The van der Waals surface area contributed by atoms with E-state index in [9.17, 15) is 0 Å². The van der Waals surface area contributed by atoms with Gasteiger partial charge in [-0.1, -0.05) is 0 Å². The minimum absolute atomic E-state index is 0.641. The van der Waals surface area contributed by atoms with Crippen LogP contribution in [0.25, 0.3) is 0 Å². The first kappa shape index (κ1) is 8.08. The van der Waals surface area contributed by atoms with Gasteiger partial charge in [0.15, 0.2) is 0 Å². The largest absolute Gasteiger partial charge is 0.373 e. The van der Waals surface area contributed by atoms with Crippen molar-refractivity contribution < 1.29 is 0 Å². The molecule has 3 heteroatoms. The summed E-state index contributed by atoms with van der Waals surface area (Å²) in [6, 6.07) is 2.80. The number of thiophene rings is 1. The zero-order valence-electron chi connectivity index (χ0n) is 7.26. The van der Waals surface area contributed by atoms with E-state index in [1.807, 2.05) is 0 Å². The number of hydrogen-bond acceptors (Lipinski definition) is 3. The molecule has 0 aromatic carbocycles. The van der Waals surface area contributed by atoms with Crippen LogP contribution in [0.3, 0.4) is 0 Å². The quantitative estimate of drug-likeness (QED) is 0.729. The highest BCUT2D eigenvalue weighted by Gasteiger charge is 2.14. The molecule has 1 aromatic heterocycles. The molecule has 0 bridgehead atoms. The number of aryl methyl sites for hydroxylation is 1. The SMILES string of the molecule is Cc1ccsc1NC1CCNC1. The maximum Gasteiger partial charge on any atom is 0.0914 e. The molecule has 0 spiro atoms. The molecule has 2 nitrogen and oxygen atoms in total. The van der Waals surface area contributed by atoms with Crippen molar-refractivity contribution in [3.05, 3.63) is 17.0 Å². The molecular weight excluding hydrogens is 168 g/mol. The fourth-order valence-corrected chi connectivity index (χ4v) is 2.38.